The van der Waals surface area contributed by atoms with E-state index in [0.717, 1.165) is 10.9 Å². The Kier molecular flexibility index (Phi) is 2.25. The molecule has 1 aromatic heterocycles. The van der Waals surface area contributed by atoms with Gasteiger partial charge >= 0.3 is 5.97 Å². The van der Waals surface area contributed by atoms with Crippen LogP contribution < -0.4 is 0 Å². The summed E-state index contributed by atoms with van der Waals surface area (Å²) in [4.78, 5) is 11.3. The summed E-state index contributed by atoms with van der Waals surface area (Å²) in [7, 11) is 1.36. The Labute approximate surface area is 88.4 Å². The normalized spacial score (nSPS) is 10.4. The van der Waals surface area contributed by atoms with E-state index in [1.165, 1.54) is 7.11 Å². The van der Waals surface area contributed by atoms with E-state index in [-0.39, 0.29) is 5.97 Å². The number of ether oxygens (including phenoxy) is 1. The number of esters is 1. The van der Waals surface area contributed by atoms with Crippen molar-refractivity contribution >= 4 is 32.8 Å². The van der Waals surface area contributed by atoms with Gasteiger partial charge in [0.05, 0.1) is 24.4 Å². The van der Waals surface area contributed by atoms with E-state index < -0.39 is 0 Å². The molecule has 0 fully saturated rings. The van der Waals surface area contributed by atoms with Crippen molar-refractivity contribution in [1.82, 2.24) is 10.2 Å². The molecule has 0 aliphatic carbocycles. The third kappa shape index (κ3) is 1.29. The number of hydrogen-bond acceptors (Lipinski definition) is 3. The Morgan fingerprint density at radius 3 is 3.07 bits per heavy atom. The molecule has 0 spiro atoms. The van der Waals surface area contributed by atoms with Gasteiger partial charge in [-0.15, -0.1) is 0 Å². The van der Waals surface area contributed by atoms with Gasteiger partial charge < -0.3 is 4.74 Å². The van der Waals surface area contributed by atoms with Gasteiger partial charge in [-0.25, -0.2) is 4.79 Å². The van der Waals surface area contributed by atoms with Crippen molar-refractivity contribution in [3.8, 4) is 0 Å². The third-order valence-corrected chi connectivity index (χ3v) is 2.82. The van der Waals surface area contributed by atoms with Crippen LogP contribution in [0.1, 0.15) is 10.4 Å². The lowest BCUT2D eigenvalue weighted by atomic mass is 10.1. The van der Waals surface area contributed by atoms with Crippen molar-refractivity contribution < 1.29 is 9.53 Å². The fourth-order valence-corrected chi connectivity index (χ4v) is 1.86. The molecule has 1 aromatic carbocycles. The summed E-state index contributed by atoms with van der Waals surface area (Å²) in [6, 6.07) is 3.48. The first-order valence-electron chi connectivity index (χ1n) is 3.94. The van der Waals surface area contributed by atoms with Crippen LogP contribution in [0, 0.1) is 0 Å². The van der Waals surface area contributed by atoms with Gasteiger partial charge in [0.15, 0.2) is 0 Å². The van der Waals surface area contributed by atoms with Crippen LogP contribution in [0.5, 0.6) is 0 Å². The Balaban J connectivity index is 2.67. The van der Waals surface area contributed by atoms with Crippen molar-refractivity contribution in [2.45, 2.75) is 0 Å². The molecule has 1 N–H and O–H groups in total. The second-order valence-electron chi connectivity index (χ2n) is 2.75. The Hall–Kier alpha value is -1.36. The maximum absolute atomic E-state index is 11.3. The molecule has 4 nitrogen and oxygen atoms in total. The van der Waals surface area contributed by atoms with Crippen LogP contribution in [0.4, 0.5) is 0 Å². The lowest BCUT2D eigenvalue weighted by Gasteiger charge is -2.02. The fraction of sp³-hybridized carbons (Fsp3) is 0.111. The largest absolute Gasteiger partial charge is 0.465 e. The summed E-state index contributed by atoms with van der Waals surface area (Å²) in [6.45, 7) is 0. The van der Waals surface area contributed by atoms with Gasteiger partial charge in [0.2, 0.25) is 0 Å². The van der Waals surface area contributed by atoms with Crippen LogP contribution in [-0.2, 0) is 4.74 Å². The lowest BCUT2D eigenvalue weighted by Crippen LogP contribution is -2.01. The standard InChI is InChI=1S/C9H7BrN2O2/c1-14-9(13)5-2-3-7-6(8(5)10)4-11-12-7/h2-4H,1H3,(H,11,12). The lowest BCUT2D eigenvalue weighted by molar-refractivity contribution is 0.0600. The number of nitrogens with zero attached hydrogens (tertiary/aromatic N) is 1. The Bertz CT molecular complexity index is 493. The highest BCUT2D eigenvalue weighted by Gasteiger charge is 2.13. The minimum Gasteiger partial charge on any atom is -0.465 e. The average Bonchev–Trinajstić information content (AvgIpc) is 2.66. The fourth-order valence-electron chi connectivity index (χ4n) is 1.25. The molecule has 0 saturated carbocycles. The Morgan fingerprint density at radius 2 is 2.36 bits per heavy atom. The zero-order valence-corrected chi connectivity index (χ0v) is 8.96. The molecule has 0 aliphatic rings. The smallest absolute Gasteiger partial charge is 0.339 e. The minimum absolute atomic E-state index is 0.361. The summed E-state index contributed by atoms with van der Waals surface area (Å²) >= 11 is 3.34. The van der Waals surface area contributed by atoms with Crippen LogP contribution in [0.2, 0.25) is 0 Å². The number of aromatic nitrogens is 2. The SMILES string of the molecule is COC(=O)c1ccc2[nH]ncc2c1Br. The average molecular weight is 255 g/mol. The van der Waals surface area contributed by atoms with Gasteiger partial charge in [-0.3, -0.25) is 5.10 Å². The number of fused-ring (bicyclic) bond motifs is 1. The molecule has 0 bridgehead atoms. The van der Waals surface area contributed by atoms with Crippen molar-refractivity contribution in [3.63, 3.8) is 0 Å². The van der Waals surface area contributed by atoms with E-state index in [1.54, 1.807) is 18.3 Å². The molecule has 0 aliphatic heterocycles. The zero-order valence-electron chi connectivity index (χ0n) is 7.37. The molecule has 2 aromatic rings. The molecule has 0 unspecified atom stereocenters. The van der Waals surface area contributed by atoms with Gasteiger partial charge in [0, 0.05) is 9.86 Å². The number of halogens is 1. The summed E-state index contributed by atoms with van der Waals surface area (Å²) in [5.41, 5.74) is 1.38. The maximum Gasteiger partial charge on any atom is 0.339 e. The molecular weight excluding hydrogens is 248 g/mol. The van der Waals surface area contributed by atoms with E-state index in [4.69, 9.17) is 0 Å². The summed E-state index contributed by atoms with van der Waals surface area (Å²) in [5.74, 6) is -0.361. The van der Waals surface area contributed by atoms with E-state index in [1.807, 2.05) is 0 Å². The molecule has 0 radical (unpaired) electrons. The van der Waals surface area contributed by atoms with Crippen molar-refractivity contribution in [2.24, 2.45) is 0 Å². The van der Waals surface area contributed by atoms with Crippen molar-refractivity contribution in [3.05, 3.63) is 28.4 Å². The third-order valence-electron chi connectivity index (χ3n) is 1.96. The van der Waals surface area contributed by atoms with Crippen molar-refractivity contribution in [1.29, 1.82) is 0 Å². The first-order chi connectivity index (χ1) is 6.74. The molecule has 1 heterocycles. The number of carbonyl (C=O) groups excluding carboxylic acids is 1. The van der Waals surface area contributed by atoms with Gasteiger partial charge in [-0.05, 0) is 28.1 Å². The molecule has 2 rings (SSSR count). The highest BCUT2D eigenvalue weighted by molar-refractivity contribution is 9.10. The molecule has 72 valence electrons. The minimum atomic E-state index is -0.361. The highest BCUT2D eigenvalue weighted by atomic mass is 79.9. The van der Waals surface area contributed by atoms with Gasteiger partial charge in [-0.1, -0.05) is 0 Å². The van der Waals surface area contributed by atoms with E-state index in [2.05, 4.69) is 30.9 Å². The second kappa shape index (κ2) is 3.42. The second-order valence-corrected chi connectivity index (χ2v) is 3.54. The quantitative estimate of drug-likeness (QED) is 0.794. The number of aromatic amines is 1. The summed E-state index contributed by atoms with van der Waals surface area (Å²) in [6.07, 6.45) is 1.66. The number of rotatable bonds is 1. The predicted octanol–water partition coefficient (Wildman–Crippen LogP) is 2.11. The zero-order chi connectivity index (χ0) is 10.1. The Morgan fingerprint density at radius 1 is 1.57 bits per heavy atom. The number of methoxy groups -OCH3 is 1. The van der Waals surface area contributed by atoms with Crippen LogP contribution in [-0.4, -0.2) is 23.3 Å². The molecular formula is C9H7BrN2O2. The predicted molar refractivity (Wildman–Crippen MR) is 55.1 cm³/mol. The monoisotopic (exact) mass is 254 g/mol. The van der Waals surface area contributed by atoms with Crippen LogP contribution in [0.15, 0.2) is 22.8 Å². The number of H-pyrrole nitrogens is 1. The summed E-state index contributed by atoms with van der Waals surface area (Å²) in [5, 5.41) is 7.56. The molecule has 14 heavy (non-hydrogen) atoms. The number of carbonyl (C=O) groups is 1. The van der Waals surface area contributed by atoms with Crippen LogP contribution in [0.25, 0.3) is 10.9 Å². The topological polar surface area (TPSA) is 55.0 Å². The van der Waals surface area contributed by atoms with Gasteiger partial charge in [0.25, 0.3) is 0 Å². The maximum atomic E-state index is 11.3. The molecule has 0 atom stereocenters. The van der Waals surface area contributed by atoms with Gasteiger partial charge in [-0.2, -0.15) is 5.10 Å². The van der Waals surface area contributed by atoms with Crippen molar-refractivity contribution in [2.75, 3.05) is 7.11 Å². The highest BCUT2D eigenvalue weighted by Crippen LogP contribution is 2.26. The van der Waals surface area contributed by atoms with Crippen LogP contribution in [0.3, 0.4) is 0 Å². The summed E-state index contributed by atoms with van der Waals surface area (Å²) < 4.78 is 5.35. The number of benzene rings is 1. The molecule has 5 heteroatoms. The first kappa shape index (κ1) is 9.21. The van der Waals surface area contributed by atoms with E-state index >= 15 is 0 Å². The van der Waals surface area contributed by atoms with E-state index in [9.17, 15) is 4.79 Å². The van der Waals surface area contributed by atoms with Gasteiger partial charge in [0.1, 0.15) is 0 Å². The van der Waals surface area contributed by atoms with Crippen LogP contribution >= 0.6 is 15.9 Å². The van der Waals surface area contributed by atoms with E-state index in [0.29, 0.717) is 10.0 Å². The number of hydrogen-bond donors (Lipinski definition) is 1. The first-order valence-corrected chi connectivity index (χ1v) is 4.73. The molecule has 0 amide bonds. The molecule has 0 saturated heterocycles. The number of nitrogens with one attached hydrogen (secondary N) is 1.